The molecule has 25 heavy (non-hydrogen) atoms. The van der Waals surface area contributed by atoms with Crippen molar-refractivity contribution >= 4 is 17.4 Å². The number of carbonyl (C=O) groups is 2. The highest BCUT2D eigenvalue weighted by molar-refractivity contribution is 6.08. The van der Waals surface area contributed by atoms with E-state index in [2.05, 4.69) is 0 Å². The van der Waals surface area contributed by atoms with Crippen molar-refractivity contribution in [3.8, 4) is 5.75 Å². The van der Waals surface area contributed by atoms with Crippen LogP contribution < -0.4 is 9.64 Å². The molecule has 1 heterocycles. The van der Waals surface area contributed by atoms with Gasteiger partial charge in [-0.3, -0.25) is 9.59 Å². The van der Waals surface area contributed by atoms with Gasteiger partial charge in [-0.15, -0.1) is 0 Å². The third-order valence-electron chi connectivity index (χ3n) is 4.49. The van der Waals surface area contributed by atoms with E-state index >= 15 is 0 Å². The second-order valence-electron chi connectivity index (χ2n) is 6.50. The summed E-state index contributed by atoms with van der Waals surface area (Å²) < 4.78 is 5.15. The number of anilines is 1. The number of aryl methyl sites for hydroxylation is 1. The Hall–Kier alpha value is -2.66. The fourth-order valence-corrected chi connectivity index (χ4v) is 3.27. The first-order valence-electron chi connectivity index (χ1n) is 8.13. The van der Waals surface area contributed by atoms with E-state index in [1.165, 1.54) is 6.92 Å². The molecule has 2 aromatic carbocycles. The molecule has 5 nitrogen and oxygen atoms in total. The molecular formula is C20H21NO4. The smallest absolute Gasteiger partial charge is 0.264 e. The lowest BCUT2D eigenvalue weighted by atomic mass is 9.89. The lowest BCUT2D eigenvalue weighted by Crippen LogP contribution is -2.41. The minimum atomic E-state index is -1.79. The molecule has 130 valence electrons. The highest BCUT2D eigenvalue weighted by atomic mass is 16.5. The second-order valence-corrected chi connectivity index (χ2v) is 6.50. The Labute approximate surface area is 146 Å². The molecule has 0 bridgehead atoms. The molecule has 0 radical (unpaired) electrons. The molecule has 0 unspecified atom stereocenters. The number of Topliss-reactive ketones (excluding diaryl/α,β-unsaturated/α-hetero) is 1. The SMILES string of the molecule is COc1ccc(CN2C(=O)[C@](O)(CC(C)=O)c3cc(C)ccc32)cc1. The minimum absolute atomic E-state index is 0.221. The summed E-state index contributed by atoms with van der Waals surface area (Å²) in [5.74, 6) is 0.0503. The highest BCUT2D eigenvalue weighted by Crippen LogP contribution is 2.43. The molecule has 1 atom stereocenters. The Morgan fingerprint density at radius 2 is 1.88 bits per heavy atom. The number of methoxy groups -OCH3 is 1. The Kier molecular flexibility index (Phi) is 4.35. The molecule has 0 aromatic heterocycles. The first-order chi connectivity index (χ1) is 11.8. The number of benzene rings is 2. The molecule has 0 saturated carbocycles. The maximum atomic E-state index is 13.0. The van der Waals surface area contributed by atoms with Crippen LogP contribution in [0.25, 0.3) is 0 Å². The number of fused-ring (bicyclic) bond motifs is 1. The molecule has 1 aliphatic heterocycles. The number of carbonyl (C=O) groups excluding carboxylic acids is 2. The van der Waals surface area contributed by atoms with Crippen molar-refractivity contribution in [1.29, 1.82) is 0 Å². The maximum absolute atomic E-state index is 13.0. The Morgan fingerprint density at radius 1 is 1.20 bits per heavy atom. The first-order valence-corrected chi connectivity index (χ1v) is 8.13. The number of hydrogen-bond donors (Lipinski definition) is 1. The van der Waals surface area contributed by atoms with E-state index in [1.807, 2.05) is 43.3 Å². The molecule has 0 saturated heterocycles. The molecule has 5 heteroatoms. The Morgan fingerprint density at radius 3 is 2.48 bits per heavy atom. The van der Waals surface area contributed by atoms with E-state index in [0.29, 0.717) is 17.8 Å². The van der Waals surface area contributed by atoms with Gasteiger partial charge in [0.2, 0.25) is 0 Å². The third kappa shape index (κ3) is 3.03. The van der Waals surface area contributed by atoms with Crippen molar-refractivity contribution in [2.45, 2.75) is 32.4 Å². The number of hydrogen-bond acceptors (Lipinski definition) is 4. The summed E-state index contributed by atoms with van der Waals surface area (Å²) in [7, 11) is 1.60. The van der Waals surface area contributed by atoms with E-state index in [1.54, 1.807) is 18.1 Å². The average Bonchev–Trinajstić information content (AvgIpc) is 2.77. The maximum Gasteiger partial charge on any atom is 0.264 e. The van der Waals surface area contributed by atoms with Gasteiger partial charge in [-0.25, -0.2) is 0 Å². The molecule has 1 aliphatic rings. The second kappa shape index (κ2) is 6.33. The quantitative estimate of drug-likeness (QED) is 0.909. The van der Waals surface area contributed by atoms with Gasteiger partial charge >= 0.3 is 0 Å². The number of ether oxygens (including phenoxy) is 1. The lowest BCUT2D eigenvalue weighted by Gasteiger charge is -2.22. The summed E-state index contributed by atoms with van der Waals surface area (Å²) in [6.07, 6.45) is -0.221. The predicted molar refractivity (Wildman–Crippen MR) is 94.6 cm³/mol. The van der Waals surface area contributed by atoms with Crippen LogP contribution in [0.3, 0.4) is 0 Å². The average molecular weight is 339 g/mol. The Balaban J connectivity index is 2.00. The first kappa shape index (κ1) is 17.2. The summed E-state index contributed by atoms with van der Waals surface area (Å²) in [6, 6.07) is 12.9. The fraction of sp³-hybridized carbons (Fsp3) is 0.300. The van der Waals surface area contributed by atoms with Crippen LogP contribution in [-0.4, -0.2) is 23.9 Å². The van der Waals surface area contributed by atoms with Crippen molar-refractivity contribution in [2.24, 2.45) is 0 Å². The number of ketones is 1. The largest absolute Gasteiger partial charge is 0.497 e. The normalized spacial score (nSPS) is 19.0. The van der Waals surface area contributed by atoms with Crippen LogP contribution >= 0.6 is 0 Å². The van der Waals surface area contributed by atoms with Crippen LogP contribution in [0.1, 0.15) is 30.0 Å². The summed E-state index contributed by atoms with van der Waals surface area (Å²) in [5, 5.41) is 11.0. The third-order valence-corrected chi connectivity index (χ3v) is 4.49. The lowest BCUT2D eigenvalue weighted by molar-refractivity contribution is -0.141. The number of amides is 1. The molecule has 0 fully saturated rings. The van der Waals surface area contributed by atoms with Crippen molar-refractivity contribution < 1.29 is 19.4 Å². The van der Waals surface area contributed by atoms with Crippen molar-refractivity contribution in [2.75, 3.05) is 12.0 Å². The van der Waals surface area contributed by atoms with Gasteiger partial charge in [0, 0.05) is 12.0 Å². The zero-order valence-electron chi connectivity index (χ0n) is 14.6. The fourth-order valence-electron chi connectivity index (χ4n) is 3.27. The summed E-state index contributed by atoms with van der Waals surface area (Å²) >= 11 is 0. The van der Waals surface area contributed by atoms with E-state index in [4.69, 9.17) is 4.74 Å². The van der Waals surface area contributed by atoms with E-state index in [-0.39, 0.29) is 12.2 Å². The van der Waals surface area contributed by atoms with Crippen molar-refractivity contribution in [3.63, 3.8) is 0 Å². The van der Waals surface area contributed by atoms with Gasteiger partial charge in [0.05, 0.1) is 19.3 Å². The van der Waals surface area contributed by atoms with Gasteiger partial charge in [0.25, 0.3) is 5.91 Å². The monoisotopic (exact) mass is 339 g/mol. The van der Waals surface area contributed by atoms with Gasteiger partial charge in [-0.2, -0.15) is 0 Å². The van der Waals surface area contributed by atoms with E-state index in [0.717, 1.165) is 16.9 Å². The highest BCUT2D eigenvalue weighted by Gasteiger charge is 2.50. The molecule has 0 spiro atoms. The van der Waals surface area contributed by atoms with Crippen molar-refractivity contribution in [3.05, 3.63) is 59.2 Å². The molecule has 1 N–H and O–H groups in total. The summed E-state index contributed by atoms with van der Waals surface area (Å²) in [5.41, 5.74) is 1.20. The standard InChI is InChI=1S/C20H21NO4/c1-13-4-9-18-17(10-13)20(24,11-14(2)22)19(23)21(18)12-15-5-7-16(25-3)8-6-15/h4-10,24H,11-12H2,1-3H3/t20-/m0/s1. The van der Waals surface area contributed by atoms with Crippen LogP contribution in [0, 0.1) is 6.92 Å². The topological polar surface area (TPSA) is 66.8 Å². The van der Waals surface area contributed by atoms with Crippen molar-refractivity contribution in [1.82, 2.24) is 0 Å². The van der Waals surface area contributed by atoms with Gasteiger partial charge < -0.3 is 14.7 Å². The zero-order chi connectivity index (χ0) is 18.2. The molecular weight excluding hydrogens is 318 g/mol. The van der Waals surface area contributed by atoms with Gasteiger partial charge in [-0.1, -0.05) is 29.8 Å². The van der Waals surface area contributed by atoms with Crippen LogP contribution in [0.4, 0.5) is 5.69 Å². The summed E-state index contributed by atoms with van der Waals surface area (Å²) in [6.45, 7) is 3.59. The number of nitrogens with zero attached hydrogens (tertiary/aromatic N) is 1. The molecule has 0 aliphatic carbocycles. The van der Waals surface area contributed by atoms with Gasteiger partial charge in [0.1, 0.15) is 11.5 Å². The van der Waals surface area contributed by atoms with Gasteiger partial charge in [0.15, 0.2) is 5.60 Å². The number of rotatable bonds is 5. The molecule has 1 amide bonds. The van der Waals surface area contributed by atoms with Crippen LogP contribution in [-0.2, 0) is 21.7 Å². The van der Waals surface area contributed by atoms with Crippen LogP contribution in [0.5, 0.6) is 5.75 Å². The van der Waals surface area contributed by atoms with Crippen LogP contribution in [0.15, 0.2) is 42.5 Å². The van der Waals surface area contributed by atoms with Crippen LogP contribution in [0.2, 0.25) is 0 Å². The number of aliphatic hydroxyl groups is 1. The van der Waals surface area contributed by atoms with E-state index in [9.17, 15) is 14.7 Å². The minimum Gasteiger partial charge on any atom is -0.497 e. The molecule has 2 aromatic rings. The predicted octanol–water partition coefficient (Wildman–Crippen LogP) is 2.72. The zero-order valence-corrected chi connectivity index (χ0v) is 14.6. The van der Waals surface area contributed by atoms with Gasteiger partial charge in [-0.05, 0) is 37.6 Å². The molecule has 3 rings (SSSR count). The Bertz CT molecular complexity index is 828. The summed E-state index contributed by atoms with van der Waals surface area (Å²) in [4.78, 5) is 26.1. The van der Waals surface area contributed by atoms with E-state index < -0.39 is 11.5 Å².